The molecule has 14 heavy (non-hydrogen) atoms. The highest BCUT2D eigenvalue weighted by molar-refractivity contribution is 6.05. The van der Waals surface area contributed by atoms with Gasteiger partial charge >= 0.3 is 0 Å². The number of nitrogens with one attached hydrogen (secondary N) is 1. The van der Waals surface area contributed by atoms with E-state index in [4.69, 9.17) is 5.73 Å². The zero-order valence-corrected chi connectivity index (χ0v) is 7.40. The van der Waals surface area contributed by atoms with Gasteiger partial charge in [-0.05, 0) is 13.0 Å². The number of hydrogen-bond acceptors (Lipinski definition) is 2. The number of rotatable bonds is 0. The van der Waals surface area contributed by atoms with E-state index in [9.17, 15) is 13.6 Å². The van der Waals surface area contributed by atoms with E-state index >= 15 is 0 Å². The summed E-state index contributed by atoms with van der Waals surface area (Å²) < 4.78 is 26.1. The average molecular weight is 198 g/mol. The van der Waals surface area contributed by atoms with Crippen LogP contribution in [0.2, 0.25) is 0 Å². The van der Waals surface area contributed by atoms with Gasteiger partial charge in [0.2, 0.25) is 5.91 Å². The lowest BCUT2D eigenvalue weighted by Gasteiger charge is -2.15. The third-order valence-corrected chi connectivity index (χ3v) is 2.29. The topological polar surface area (TPSA) is 55.1 Å². The molecule has 0 saturated carbocycles. The van der Waals surface area contributed by atoms with Crippen molar-refractivity contribution < 1.29 is 13.6 Å². The number of anilines is 1. The maximum atomic E-state index is 13.3. The molecular weight excluding hydrogens is 190 g/mol. The van der Waals surface area contributed by atoms with Crippen molar-refractivity contribution >= 4 is 11.6 Å². The Bertz CT molecular complexity index is 429. The van der Waals surface area contributed by atoms with E-state index in [1.54, 1.807) is 0 Å². The first-order valence-electron chi connectivity index (χ1n) is 4.03. The monoisotopic (exact) mass is 198 g/mol. The Kier molecular flexibility index (Phi) is 1.63. The molecule has 0 fully saturated rings. The fraction of sp³-hybridized carbons (Fsp3) is 0.222. The van der Waals surface area contributed by atoms with Crippen molar-refractivity contribution in [2.24, 2.45) is 5.73 Å². The van der Waals surface area contributed by atoms with Crippen LogP contribution in [0.4, 0.5) is 14.5 Å². The summed E-state index contributed by atoms with van der Waals surface area (Å²) in [5.74, 6) is -2.07. The zero-order chi connectivity index (χ0) is 10.5. The molecule has 0 bridgehead atoms. The van der Waals surface area contributed by atoms with Crippen LogP contribution in [-0.2, 0) is 10.3 Å². The summed E-state index contributed by atoms with van der Waals surface area (Å²) in [5.41, 5.74) is 4.31. The van der Waals surface area contributed by atoms with Crippen molar-refractivity contribution in [2.75, 3.05) is 5.32 Å². The molecule has 1 amide bonds. The SMILES string of the molecule is C[C@@]1(N)C(=O)Nc2cc(F)cc(F)c21. The highest BCUT2D eigenvalue weighted by Gasteiger charge is 2.41. The standard InChI is InChI=1S/C9H8F2N2O/c1-9(12)7-5(11)2-4(10)3-6(7)13-8(9)14/h2-3H,12H2,1H3,(H,13,14)/t9-/m0/s1. The van der Waals surface area contributed by atoms with Gasteiger partial charge < -0.3 is 11.1 Å². The van der Waals surface area contributed by atoms with Gasteiger partial charge in [0.1, 0.15) is 17.2 Å². The smallest absolute Gasteiger partial charge is 0.248 e. The zero-order valence-electron chi connectivity index (χ0n) is 7.40. The Morgan fingerprint density at radius 3 is 2.71 bits per heavy atom. The van der Waals surface area contributed by atoms with E-state index in [0.29, 0.717) is 6.07 Å². The Morgan fingerprint density at radius 2 is 2.07 bits per heavy atom. The molecule has 0 aliphatic carbocycles. The van der Waals surface area contributed by atoms with Crippen molar-refractivity contribution in [1.29, 1.82) is 0 Å². The van der Waals surface area contributed by atoms with Crippen molar-refractivity contribution in [2.45, 2.75) is 12.5 Å². The van der Waals surface area contributed by atoms with Gasteiger partial charge in [-0.3, -0.25) is 4.79 Å². The van der Waals surface area contributed by atoms with Crippen molar-refractivity contribution in [3.05, 3.63) is 29.3 Å². The predicted molar refractivity (Wildman–Crippen MR) is 46.5 cm³/mol. The van der Waals surface area contributed by atoms with Gasteiger partial charge in [-0.2, -0.15) is 0 Å². The van der Waals surface area contributed by atoms with Gasteiger partial charge in [0.05, 0.1) is 5.69 Å². The summed E-state index contributed by atoms with van der Waals surface area (Å²) in [7, 11) is 0. The van der Waals surface area contributed by atoms with Gasteiger partial charge in [-0.25, -0.2) is 8.78 Å². The maximum Gasteiger partial charge on any atom is 0.248 e. The molecule has 3 nitrogen and oxygen atoms in total. The van der Waals surface area contributed by atoms with Crippen LogP contribution in [0.15, 0.2) is 12.1 Å². The van der Waals surface area contributed by atoms with E-state index in [2.05, 4.69) is 5.32 Å². The minimum atomic E-state index is -1.42. The summed E-state index contributed by atoms with van der Waals surface area (Å²) >= 11 is 0. The Balaban J connectivity index is 2.71. The van der Waals surface area contributed by atoms with Gasteiger partial charge in [0.15, 0.2) is 0 Å². The van der Waals surface area contributed by atoms with Crippen molar-refractivity contribution in [3.63, 3.8) is 0 Å². The van der Waals surface area contributed by atoms with E-state index in [1.807, 2.05) is 0 Å². The van der Waals surface area contributed by atoms with Crippen molar-refractivity contribution in [3.8, 4) is 0 Å². The summed E-state index contributed by atoms with van der Waals surface area (Å²) in [5, 5.41) is 2.33. The second-order valence-electron chi connectivity index (χ2n) is 3.47. The fourth-order valence-corrected chi connectivity index (χ4v) is 1.57. The lowest BCUT2D eigenvalue weighted by atomic mass is 9.94. The number of halogens is 2. The number of amides is 1. The van der Waals surface area contributed by atoms with Crippen LogP contribution >= 0.6 is 0 Å². The first-order valence-corrected chi connectivity index (χ1v) is 4.03. The normalized spacial score (nSPS) is 24.7. The highest BCUT2D eigenvalue weighted by Crippen LogP contribution is 2.36. The number of fused-ring (bicyclic) bond motifs is 1. The molecule has 0 aromatic heterocycles. The molecule has 5 heteroatoms. The second-order valence-corrected chi connectivity index (χ2v) is 3.47. The molecule has 1 heterocycles. The van der Waals surface area contributed by atoms with E-state index in [0.717, 1.165) is 6.07 Å². The molecule has 0 saturated heterocycles. The Hall–Kier alpha value is -1.49. The lowest BCUT2D eigenvalue weighted by molar-refractivity contribution is -0.120. The minimum Gasteiger partial charge on any atom is -0.324 e. The van der Waals surface area contributed by atoms with Crippen LogP contribution in [0.1, 0.15) is 12.5 Å². The molecule has 1 aromatic rings. The van der Waals surface area contributed by atoms with Gasteiger partial charge in [0, 0.05) is 11.6 Å². The van der Waals surface area contributed by atoms with Gasteiger partial charge in [-0.15, -0.1) is 0 Å². The summed E-state index contributed by atoms with van der Waals surface area (Å²) in [6.07, 6.45) is 0. The third-order valence-electron chi connectivity index (χ3n) is 2.29. The Morgan fingerprint density at radius 1 is 1.43 bits per heavy atom. The molecule has 2 rings (SSSR count). The summed E-state index contributed by atoms with van der Waals surface area (Å²) in [6.45, 7) is 1.38. The number of hydrogen-bond donors (Lipinski definition) is 2. The number of carbonyl (C=O) groups excluding carboxylic acids is 1. The molecule has 1 aliphatic heterocycles. The van der Waals surface area contributed by atoms with Crippen LogP contribution < -0.4 is 11.1 Å². The predicted octanol–water partition coefficient (Wildman–Crippen LogP) is 1.09. The average Bonchev–Trinajstić information content (AvgIpc) is 2.21. The molecule has 0 radical (unpaired) electrons. The van der Waals surface area contributed by atoms with Gasteiger partial charge in [0.25, 0.3) is 0 Å². The molecule has 1 atom stereocenters. The molecule has 1 aliphatic rings. The van der Waals surface area contributed by atoms with Crippen LogP contribution in [0, 0.1) is 11.6 Å². The molecule has 0 spiro atoms. The second kappa shape index (κ2) is 2.51. The first-order chi connectivity index (χ1) is 6.43. The highest BCUT2D eigenvalue weighted by atomic mass is 19.1. The molecule has 3 N–H and O–H groups in total. The van der Waals surface area contributed by atoms with Crippen LogP contribution in [-0.4, -0.2) is 5.91 Å². The molecule has 1 aromatic carbocycles. The minimum absolute atomic E-state index is 0.0175. The fourth-order valence-electron chi connectivity index (χ4n) is 1.57. The largest absolute Gasteiger partial charge is 0.324 e. The van der Waals surface area contributed by atoms with Crippen LogP contribution in [0.3, 0.4) is 0 Å². The molecule has 74 valence electrons. The van der Waals surface area contributed by atoms with Crippen molar-refractivity contribution in [1.82, 2.24) is 0 Å². The van der Waals surface area contributed by atoms with E-state index in [1.165, 1.54) is 6.92 Å². The number of nitrogens with two attached hydrogens (primary N) is 1. The molecule has 0 unspecified atom stereocenters. The number of carbonyl (C=O) groups is 1. The van der Waals surface area contributed by atoms with Gasteiger partial charge in [-0.1, -0.05) is 0 Å². The summed E-state index contributed by atoms with van der Waals surface area (Å²) in [6, 6.07) is 1.76. The maximum absolute atomic E-state index is 13.3. The van der Waals surface area contributed by atoms with E-state index in [-0.39, 0.29) is 11.3 Å². The Labute approximate surface area is 78.9 Å². The van der Waals surface area contributed by atoms with E-state index < -0.39 is 23.1 Å². The molecular formula is C9H8F2N2O. The quantitative estimate of drug-likeness (QED) is 0.655. The first kappa shape index (κ1) is 9.08. The summed E-state index contributed by atoms with van der Waals surface area (Å²) in [4.78, 5) is 11.3. The number of benzene rings is 1. The van der Waals surface area contributed by atoms with Crippen LogP contribution in [0.5, 0.6) is 0 Å². The lowest BCUT2D eigenvalue weighted by Crippen LogP contribution is -2.40. The third kappa shape index (κ3) is 1.02. The van der Waals surface area contributed by atoms with Crippen LogP contribution in [0.25, 0.3) is 0 Å².